The van der Waals surface area contributed by atoms with Crippen LogP contribution in [0.3, 0.4) is 0 Å². The van der Waals surface area contributed by atoms with E-state index in [1.54, 1.807) is 12.1 Å². The lowest BCUT2D eigenvalue weighted by atomic mass is 10.0. The molecule has 1 N–H and O–H groups in total. The molecule has 2 rings (SSSR count). The Balaban J connectivity index is 2.48. The molecule has 0 fully saturated rings. The summed E-state index contributed by atoms with van der Waals surface area (Å²) in [5.74, 6) is 0.334. The van der Waals surface area contributed by atoms with Crippen molar-refractivity contribution < 1.29 is 5.11 Å². The van der Waals surface area contributed by atoms with Crippen LogP contribution in [0.1, 0.15) is 11.1 Å². The highest BCUT2D eigenvalue weighted by Crippen LogP contribution is 2.19. The van der Waals surface area contributed by atoms with Gasteiger partial charge >= 0.3 is 0 Å². The lowest BCUT2D eigenvalue weighted by molar-refractivity contribution is 0.474. The summed E-state index contributed by atoms with van der Waals surface area (Å²) >= 11 is 0. The van der Waals surface area contributed by atoms with Gasteiger partial charge in [-0.1, -0.05) is 6.07 Å². The summed E-state index contributed by atoms with van der Waals surface area (Å²) in [5.41, 5.74) is 2.42. The van der Waals surface area contributed by atoms with E-state index in [-0.39, 0.29) is 0 Å². The number of phenolic OH excluding ortho intramolecular Hbond substituents is 1. The standard InChI is InChI=1S/C9H9NO/c11-9-2-1-7-3-4-10-6-8(7)5-9/h1-2,4-5,11H,3,6H2. The van der Waals surface area contributed by atoms with Crippen LogP contribution in [0.15, 0.2) is 23.2 Å². The van der Waals surface area contributed by atoms with Gasteiger partial charge in [0.15, 0.2) is 0 Å². The van der Waals surface area contributed by atoms with Crippen LogP contribution in [-0.2, 0) is 13.0 Å². The second-order valence-electron chi connectivity index (χ2n) is 2.68. The quantitative estimate of drug-likeness (QED) is 0.592. The van der Waals surface area contributed by atoms with Crippen LogP contribution in [0, 0.1) is 0 Å². The average Bonchev–Trinajstić information content (AvgIpc) is 2.04. The lowest BCUT2D eigenvalue weighted by Gasteiger charge is -2.09. The van der Waals surface area contributed by atoms with Gasteiger partial charge in [-0.25, -0.2) is 0 Å². The third-order valence-electron chi connectivity index (χ3n) is 1.89. The number of hydrogen-bond donors (Lipinski definition) is 1. The summed E-state index contributed by atoms with van der Waals surface area (Å²) in [6.45, 7) is 0.712. The van der Waals surface area contributed by atoms with Crippen LogP contribution in [-0.4, -0.2) is 11.3 Å². The molecule has 2 nitrogen and oxygen atoms in total. The van der Waals surface area contributed by atoms with Crippen LogP contribution >= 0.6 is 0 Å². The van der Waals surface area contributed by atoms with E-state index in [2.05, 4.69) is 4.99 Å². The van der Waals surface area contributed by atoms with Crippen molar-refractivity contribution in [2.45, 2.75) is 13.0 Å². The molecule has 0 aliphatic carbocycles. The van der Waals surface area contributed by atoms with Gasteiger partial charge in [-0.15, -0.1) is 0 Å². The van der Waals surface area contributed by atoms with Gasteiger partial charge in [-0.3, -0.25) is 4.99 Å². The number of benzene rings is 1. The van der Waals surface area contributed by atoms with E-state index in [1.165, 1.54) is 5.56 Å². The second kappa shape index (κ2) is 2.38. The fraction of sp³-hybridized carbons (Fsp3) is 0.222. The lowest BCUT2D eigenvalue weighted by Crippen LogP contribution is -1.99. The molecule has 1 heterocycles. The maximum absolute atomic E-state index is 9.14. The van der Waals surface area contributed by atoms with Crippen molar-refractivity contribution in [1.29, 1.82) is 0 Å². The van der Waals surface area contributed by atoms with Gasteiger partial charge in [0.05, 0.1) is 6.54 Å². The summed E-state index contributed by atoms with van der Waals surface area (Å²) in [5, 5.41) is 9.14. The van der Waals surface area contributed by atoms with Crippen LogP contribution in [0.5, 0.6) is 5.75 Å². The van der Waals surface area contributed by atoms with Gasteiger partial charge in [0, 0.05) is 12.6 Å². The van der Waals surface area contributed by atoms with Crippen LogP contribution in [0.25, 0.3) is 0 Å². The largest absolute Gasteiger partial charge is 0.508 e. The molecule has 0 saturated carbocycles. The van der Waals surface area contributed by atoms with Crippen molar-refractivity contribution in [3.8, 4) is 5.75 Å². The number of aliphatic imine (C=N–C) groups is 1. The Kier molecular flexibility index (Phi) is 1.39. The first-order valence-corrected chi connectivity index (χ1v) is 3.65. The Morgan fingerprint density at radius 1 is 1.27 bits per heavy atom. The molecule has 0 saturated heterocycles. The average molecular weight is 147 g/mol. The van der Waals surface area contributed by atoms with E-state index in [0.717, 1.165) is 12.0 Å². The molecule has 1 aliphatic rings. The monoisotopic (exact) mass is 147 g/mol. The van der Waals surface area contributed by atoms with Gasteiger partial charge in [-0.05, 0) is 23.3 Å². The zero-order valence-electron chi connectivity index (χ0n) is 6.12. The van der Waals surface area contributed by atoms with Crippen molar-refractivity contribution in [2.24, 2.45) is 4.99 Å². The molecule has 11 heavy (non-hydrogen) atoms. The Hall–Kier alpha value is -1.31. The molecule has 2 heteroatoms. The van der Waals surface area contributed by atoms with E-state index in [9.17, 15) is 0 Å². The van der Waals surface area contributed by atoms with Crippen molar-refractivity contribution in [2.75, 3.05) is 0 Å². The van der Waals surface area contributed by atoms with Crippen molar-refractivity contribution >= 4 is 6.21 Å². The topological polar surface area (TPSA) is 32.6 Å². The second-order valence-corrected chi connectivity index (χ2v) is 2.68. The third kappa shape index (κ3) is 1.11. The van der Waals surface area contributed by atoms with E-state index in [0.29, 0.717) is 12.3 Å². The van der Waals surface area contributed by atoms with Gasteiger partial charge in [-0.2, -0.15) is 0 Å². The summed E-state index contributed by atoms with van der Waals surface area (Å²) in [6.07, 6.45) is 2.81. The van der Waals surface area contributed by atoms with Crippen molar-refractivity contribution in [3.63, 3.8) is 0 Å². The highest BCUT2D eigenvalue weighted by atomic mass is 16.3. The summed E-state index contributed by atoms with van der Waals surface area (Å²) in [7, 11) is 0. The molecule has 1 aromatic rings. The number of phenols is 1. The first-order chi connectivity index (χ1) is 5.36. The maximum atomic E-state index is 9.14. The summed E-state index contributed by atoms with van der Waals surface area (Å²) < 4.78 is 0. The van der Waals surface area contributed by atoms with Crippen molar-refractivity contribution in [1.82, 2.24) is 0 Å². The molecule has 0 unspecified atom stereocenters. The van der Waals surface area contributed by atoms with E-state index < -0.39 is 0 Å². The SMILES string of the molecule is Oc1ccc2c(c1)CN=CC2. The highest BCUT2D eigenvalue weighted by Gasteiger charge is 2.04. The smallest absolute Gasteiger partial charge is 0.115 e. The first kappa shape index (κ1) is 6.40. The van der Waals surface area contributed by atoms with Crippen LogP contribution in [0.2, 0.25) is 0 Å². The fourth-order valence-corrected chi connectivity index (χ4v) is 1.28. The number of nitrogens with zero attached hydrogens (tertiary/aromatic N) is 1. The fourth-order valence-electron chi connectivity index (χ4n) is 1.28. The van der Waals surface area contributed by atoms with Crippen LogP contribution < -0.4 is 0 Å². The molecule has 56 valence electrons. The van der Waals surface area contributed by atoms with Gasteiger partial charge in [0.1, 0.15) is 5.75 Å². The van der Waals surface area contributed by atoms with Gasteiger partial charge < -0.3 is 5.11 Å². The highest BCUT2D eigenvalue weighted by molar-refractivity contribution is 5.64. The molecule has 1 aliphatic heterocycles. The Labute approximate surface area is 65.2 Å². The first-order valence-electron chi connectivity index (χ1n) is 3.65. The molecule has 0 atom stereocenters. The molecule has 0 spiro atoms. The number of aromatic hydroxyl groups is 1. The predicted octanol–water partition coefficient (Wildman–Crippen LogP) is 1.52. The minimum atomic E-state index is 0.334. The Bertz CT molecular complexity index is 304. The molecule has 0 bridgehead atoms. The van der Waals surface area contributed by atoms with Crippen molar-refractivity contribution in [3.05, 3.63) is 29.3 Å². The molecular formula is C9H9NO. The van der Waals surface area contributed by atoms with E-state index >= 15 is 0 Å². The Morgan fingerprint density at radius 3 is 3.09 bits per heavy atom. The number of hydrogen-bond acceptors (Lipinski definition) is 2. The molecule has 0 radical (unpaired) electrons. The number of fused-ring (bicyclic) bond motifs is 1. The molecule has 0 aromatic heterocycles. The minimum Gasteiger partial charge on any atom is -0.508 e. The molecule has 0 amide bonds. The van der Waals surface area contributed by atoms with Crippen LogP contribution in [0.4, 0.5) is 0 Å². The summed E-state index contributed by atoms with van der Waals surface area (Å²) in [6, 6.07) is 5.46. The van der Waals surface area contributed by atoms with Gasteiger partial charge in [0.25, 0.3) is 0 Å². The van der Waals surface area contributed by atoms with E-state index in [1.807, 2.05) is 12.3 Å². The Morgan fingerprint density at radius 2 is 2.18 bits per heavy atom. The minimum absolute atomic E-state index is 0.334. The molecule has 1 aromatic carbocycles. The summed E-state index contributed by atoms with van der Waals surface area (Å²) in [4.78, 5) is 4.12. The zero-order chi connectivity index (χ0) is 7.68. The van der Waals surface area contributed by atoms with Gasteiger partial charge in [0.2, 0.25) is 0 Å². The zero-order valence-corrected chi connectivity index (χ0v) is 6.12. The molecular weight excluding hydrogens is 138 g/mol. The predicted molar refractivity (Wildman–Crippen MR) is 44.0 cm³/mol. The third-order valence-corrected chi connectivity index (χ3v) is 1.89. The maximum Gasteiger partial charge on any atom is 0.115 e. The van der Waals surface area contributed by atoms with E-state index in [4.69, 9.17) is 5.11 Å². The normalized spacial score (nSPS) is 14.5. The number of rotatable bonds is 0.